The molecule has 0 spiro atoms. The van der Waals surface area contributed by atoms with Crippen molar-refractivity contribution in [1.82, 2.24) is 10.2 Å². The van der Waals surface area contributed by atoms with Crippen LogP contribution in [-0.4, -0.2) is 10.2 Å². The molecule has 0 unspecified atom stereocenters. The number of hydrogen-bond donors (Lipinski definition) is 0. The van der Waals surface area contributed by atoms with Gasteiger partial charge in [0.1, 0.15) is 5.82 Å². The molecule has 0 atom stereocenters. The maximum atomic E-state index is 12.9. The highest BCUT2D eigenvalue weighted by Gasteiger charge is 2.06. The molecule has 0 aliphatic rings. The Hall–Kier alpha value is -2.46. The third-order valence-electron chi connectivity index (χ3n) is 2.84. The van der Waals surface area contributed by atoms with Gasteiger partial charge in [-0.15, -0.1) is 10.2 Å². The van der Waals surface area contributed by atoms with Crippen molar-refractivity contribution in [2.45, 2.75) is 0 Å². The van der Waals surface area contributed by atoms with Gasteiger partial charge in [-0.1, -0.05) is 29.8 Å². The summed E-state index contributed by atoms with van der Waals surface area (Å²) >= 11 is 6.05. The Bertz CT molecular complexity index is 781. The van der Waals surface area contributed by atoms with Gasteiger partial charge in [-0.3, -0.25) is 0 Å². The molecule has 0 aliphatic carbocycles. The summed E-state index contributed by atoms with van der Waals surface area (Å²) in [6, 6.07) is 13.3. The Balaban J connectivity index is 1.82. The van der Waals surface area contributed by atoms with Crippen LogP contribution < -0.4 is 0 Å². The van der Waals surface area contributed by atoms with E-state index in [4.69, 9.17) is 16.0 Å². The average Bonchev–Trinajstić information content (AvgIpc) is 2.96. The first-order chi connectivity index (χ1) is 10.2. The topological polar surface area (TPSA) is 38.9 Å². The molecular formula is C16H10ClFN2O. The number of hydrogen-bond acceptors (Lipinski definition) is 3. The standard InChI is InChI=1S/C16H10ClFN2O/c17-14-4-2-1-3-11(14)7-10-15-19-20-16(21-15)12-5-8-13(18)9-6-12/h1-10H/b10-7+. The molecule has 1 heterocycles. The monoisotopic (exact) mass is 300 g/mol. The van der Waals surface area contributed by atoms with Gasteiger partial charge in [0.2, 0.25) is 11.8 Å². The first kappa shape index (κ1) is 13.5. The first-order valence-corrected chi connectivity index (χ1v) is 6.62. The lowest BCUT2D eigenvalue weighted by molar-refractivity contribution is 0.557. The molecule has 0 N–H and O–H groups in total. The van der Waals surface area contributed by atoms with E-state index >= 15 is 0 Å². The summed E-state index contributed by atoms with van der Waals surface area (Å²) in [6.45, 7) is 0. The second-order valence-corrected chi connectivity index (χ2v) is 4.71. The fourth-order valence-corrected chi connectivity index (χ4v) is 1.98. The molecule has 0 saturated heterocycles. The van der Waals surface area contributed by atoms with Gasteiger partial charge in [-0.2, -0.15) is 0 Å². The van der Waals surface area contributed by atoms with Crippen LogP contribution in [0.15, 0.2) is 52.9 Å². The van der Waals surface area contributed by atoms with E-state index in [0.29, 0.717) is 22.4 Å². The fourth-order valence-electron chi connectivity index (χ4n) is 1.78. The maximum Gasteiger partial charge on any atom is 0.248 e. The van der Waals surface area contributed by atoms with Crippen molar-refractivity contribution in [2.75, 3.05) is 0 Å². The largest absolute Gasteiger partial charge is 0.417 e. The summed E-state index contributed by atoms with van der Waals surface area (Å²) in [6.07, 6.45) is 3.48. The van der Waals surface area contributed by atoms with Crippen molar-refractivity contribution in [2.24, 2.45) is 0 Å². The molecule has 3 aromatic rings. The van der Waals surface area contributed by atoms with Crippen molar-refractivity contribution in [3.8, 4) is 11.5 Å². The van der Waals surface area contributed by atoms with E-state index in [1.54, 1.807) is 30.4 Å². The zero-order valence-electron chi connectivity index (χ0n) is 10.8. The fraction of sp³-hybridized carbons (Fsp3) is 0. The van der Waals surface area contributed by atoms with E-state index in [0.717, 1.165) is 5.56 Å². The Morgan fingerprint density at radius 2 is 1.71 bits per heavy atom. The van der Waals surface area contributed by atoms with Crippen LogP contribution in [0.3, 0.4) is 0 Å². The average molecular weight is 301 g/mol. The SMILES string of the molecule is Fc1ccc(-c2nnc(/C=C/c3ccccc3Cl)o2)cc1. The molecule has 5 heteroatoms. The van der Waals surface area contributed by atoms with Gasteiger partial charge in [0.05, 0.1) is 0 Å². The Morgan fingerprint density at radius 3 is 2.48 bits per heavy atom. The molecule has 104 valence electrons. The molecular weight excluding hydrogens is 291 g/mol. The van der Waals surface area contributed by atoms with Crippen molar-refractivity contribution < 1.29 is 8.81 Å². The summed E-state index contributed by atoms with van der Waals surface area (Å²) in [5, 5.41) is 8.49. The van der Waals surface area contributed by atoms with Gasteiger partial charge in [0, 0.05) is 16.7 Å². The van der Waals surface area contributed by atoms with Crippen LogP contribution in [0.1, 0.15) is 11.5 Å². The second-order valence-electron chi connectivity index (χ2n) is 4.31. The van der Waals surface area contributed by atoms with Gasteiger partial charge < -0.3 is 4.42 Å². The summed E-state index contributed by atoms with van der Waals surface area (Å²) < 4.78 is 18.4. The van der Waals surface area contributed by atoms with Crippen molar-refractivity contribution in [1.29, 1.82) is 0 Å². The Labute approximate surface area is 125 Å². The van der Waals surface area contributed by atoms with Crippen molar-refractivity contribution in [3.63, 3.8) is 0 Å². The quantitative estimate of drug-likeness (QED) is 0.704. The molecule has 0 aliphatic heterocycles. The molecule has 2 aromatic carbocycles. The van der Waals surface area contributed by atoms with Gasteiger partial charge in [-0.05, 0) is 42.0 Å². The van der Waals surface area contributed by atoms with Gasteiger partial charge in [-0.25, -0.2) is 4.39 Å². The molecule has 0 fully saturated rings. The van der Waals surface area contributed by atoms with E-state index in [-0.39, 0.29) is 5.82 Å². The molecule has 3 rings (SSSR count). The molecule has 3 nitrogen and oxygen atoms in total. The highest BCUT2D eigenvalue weighted by Crippen LogP contribution is 2.20. The Kier molecular flexibility index (Phi) is 3.79. The number of benzene rings is 2. The Morgan fingerprint density at radius 1 is 0.952 bits per heavy atom. The van der Waals surface area contributed by atoms with Crippen LogP contribution in [0.4, 0.5) is 4.39 Å². The minimum Gasteiger partial charge on any atom is -0.417 e. The highest BCUT2D eigenvalue weighted by molar-refractivity contribution is 6.32. The molecule has 1 aromatic heterocycles. The van der Waals surface area contributed by atoms with Crippen LogP contribution in [0.2, 0.25) is 5.02 Å². The minimum atomic E-state index is -0.308. The molecule has 0 radical (unpaired) electrons. The summed E-state index contributed by atoms with van der Waals surface area (Å²) in [5.41, 5.74) is 1.53. The summed E-state index contributed by atoms with van der Waals surface area (Å²) in [4.78, 5) is 0. The predicted octanol–water partition coefficient (Wildman–Crippen LogP) is 4.70. The number of nitrogens with zero attached hydrogens (tertiary/aromatic N) is 2. The summed E-state index contributed by atoms with van der Waals surface area (Å²) in [7, 11) is 0. The molecule has 0 bridgehead atoms. The summed E-state index contributed by atoms with van der Waals surface area (Å²) in [5.74, 6) is 0.389. The van der Waals surface area contributed by atoms with E-state index in [2.05, 4.69) is 10.2 Å². The van der Waals surface area contributed by atoms with E-state index in [1.165, 1.54) is 12.1 Å². The van der Waals surface area contributed by atoms with Crippen LogP contribution in [0.5, 0.6) is 0 Å². The minimum absolute atomic E-state index is 0.308. The van der Waals surface area contributed by atoms with Gasteiger partial charge >= 0.3 is 0 Å². The van der Waals surface area contributed by atoms with Crippen molar-refractivity contribution in [3.05, 3.63) is 70.8 Å². The normalized spacial score (nSPS) is 11.1. The third kappa shape index (κ3) is 3.17. The van der Waals surface area contributed by atoms with Crippen LogP contribution in [-0.2, 0) is 0 Å². The lowest BCUT2D eigenvalue weighted by atomic mass is 10.2. The van der Waals surface area contributed by atoms with E-state index < -0.39 is 0 Å². The lowest BCUT2D eigenvalue weighted by Crippen LogP contribution is -1.78. The lowest BCUT2D eigenvalue weighted by Gasteiger charge is -1.95. The van der Waals surface area contributed by atoms with Gasteiger partial charge in [0.25, 0.3) is 0 Å². The highest BCUT2D eigenvalue weighted by atomic mass is 35.5. The molecule has 0 amide bonds. The predicted molar refractivity (Wildman–Crippen MR) is 80.1 cm³/mol. The number of halogens is 2. The van der Waals surface area contributed by atoms with Crippen LogP contribution in [0.25, 0.3) is 23.6 Å². The zero-order valence-corrected chi connectivity index (χ0v) is 11.6. The van der Waals surface area contributed by atoms with Crippen LogP contribution in [0, 0.1) is 5.82 Å². The van der Waals surface area contributed by atoms with Crippen LogP contribution >= 0.6 is 11.6 Å². The first-order valence-electron chi connectivity index (χ1n) is 6.24. The van der Waals surface area contributed by atoms with Crippen molar-refractivity contribution >= 4 is 23.8 Å². The van der Waals surface area contributed by atoms with E-state index in [9.17, 15) is 4.39 Å². The molecule has 0 saturated carbocycles. The second kappa shape index (κ2) is 5.89. The third-order valence-corrected chi connectivity index (χ3v) is 3.19. The molecule has 21 heavy (non-hydrogen) atoms. The van der Waals surface area contributed by atoms with E-state index in [1.807, 2.05) is 18.2 Å². The zero-order chi connectivity index (χ0) is 14.7. The van der Waals surface area contributed by atoms with Gasteiger partial charge in [0.15, 0.2) is 0 Å². The number of aromatic nitrogens is 2. The number of rotatable bonds is 3. The maximum absolute atomic E-state index is 12.9. The smallest absolute Gasteiger partial charge is 0.248 e.